The van der Waals surface area contributed by atoms with Gasteiger partial charge in [0.1, 0.15) is 11.6 Å². The van der Waals surface area contributed by atoms with Crippen molar-refractivity contribution in [3.05, 3.63) is 76.6 Å². The van der Waals surface area contributed by atoms with Gasteiger partial charge in [-0.2, -0.15) is 21.8 Å². The van der Waals surface area contributed by atoms with Crippen LogP contribution in [0.3, 0.4) is 0 Å². The third-order valence-corrected chi connectivity index (χ3v) is 6.42. The van der Waals surface area contributed by atoms with Crippen LogP contribution < -0.4 is 5.32 Å². The molecule has 0 fully saturated rings. The number of benzene rings is 2. The average molecular weight is 512 g/mol. The van der Waals surface area contributed by atoms with Crippen LogP contribution in [0.25, 0.3) is 16.9 Å². The number of nitrogens with zero attached hydrogens (tertiary/aromatic N) is 3. The summed E-state index contributed by atoms with van der Waals surface area (Å²) in [5.74, 6) is 0.207. The van der Waals surface area contributed by atoms with E-state index in [1.165, 1.54) is 18.2 Å². The highest BCUT2D eigenvalue weighted by Gasteiger charge is 2.15. The molecule has 2 aromatic heterocycles. The maximum atomic E-state index is 14.3. The highest BCUT2D eigenvalue weighted by Crippen LogP contribution is 2.27. The largest absolute Gasteiger partial charge is 0.366 e. The molecule has 0 atom stereocenters. The van der Waals surface area contributed by atoms with Gasteiger partial charge in [0.05, 0.1) is 33.1 Å². The van der Waals surface area contributed by atoms with Crippen LogP contribution in [0.5, 0.6) is 0 Å². The molecule has 0 radical (unpaired) electrons. The Hall–Kier alpha value is -2.53. The summed E-state index contributed by atoms with van der Waals surface area (Å²) in [5.41, 5.74) is 2.14. The van der Waals surface area contributed by atoms with Gasteiger partial charge in [-0.1, -0.05) is 24.3 Å². The van der Waals surface area contributed by atoms with E-state index in [1.54, 1.807) is 47.1 Å². The second kappa shape index (κ2) is 8.31. The molecule has 0 amide bonds. The van der Waals surface area contributed by atoms with Crippen molar-refractivity contribution >= 4 is 49.4 Å². The van der Waals surface area contributed by atoms with Gasteiger partial charge in [0.25, 0.3) is 0 Å². The number of hydrogen-bond acceptors (Lipinski definition) is 6. The molecule has 4 rings (SSSR count). The smallest absolute Gasteiger partial charge is 0.312 e. The Kier molecular flexibility index (Phi) is 5.74. The van der Waals surface area contributed by atoms with Crippen LogP contribution in [0.4, 0.5) is 10.2 Å². The van der Waals surface area contributed by atoms with Gasteiger partial charge in [-0.15, -0.1) is 0 Å². The normalized spacial score (nSPS) is 11.7. The molecule has 0 unspecified atom stereocenters. The average Bonchev–Trinajstić information content (AvgIpc) is 3.13. The van der Waals surface area contributed by atoms with Crippen molar-refractivity contribution < 1.29 is 16.5 Å². The lowest BCUT2D eigenvalue weighted by atomic mass is 10.1. The molecule has 4 aromatic rings. The van der Waals surface area contributed by atoms with E-state index in [1.807, 2.05) is 0 Å². The Balaban J connectivity index is 1.66. The molecular weight excluding hydrogens is 499 g/mol. The van der Waals surface area contributed by atoms with Crippen molar-refractivity contribution in [1.82, 2.24) is 14.6 Å². The predicted octanol–water partition coefficient (Wildman–Crippen LogP) is 4.77. The van der Waals surface area contributed by atoms with E-state index < -0.39 is 10.1 Å². The number of aromatic nitrogens is 3. The third-order valence-electron chi connectivity index (χ3n) is 4.35. The Bertz CT molecular complexity index is 1330. The lowest BCUT2D eigenvalue weighted by Crippen LogP contribution is -2.07. The van der Waals surface area contributed by atoms with Gasteiger partial charge in [0.2, 0.25) is 0 Å². The Morgan fingerprint density at radius 2 is 1.90 bits per heavy atom. The van der Waals surface area contributed by atoms with Crippen LogP contribution in [-0.2, 0) is 20.4 Å². The van der Waals surface area contributed by atoms with Crippen LogP contribution in [0.15, 0.2) is 70.2 Å². The molecule has 2 heterocycles. The molecule has 0 aliphatic carbocycles. The first-order valence-electron chi connectivity index (χ1n) is 8.56. The molecule has 1 N–H and O–H groups in total. The summed E-state index contributed by atoms with van der Waals surface area (Å²) in [6, 6.07) is 14.1. The molecule has 154 valence electrons. The number of rotatable bonds is 6. The summed E-state index contributed by atoms with van der Waals surface area (Å²) in [6.45, 7) is 0.357. The Morgan fingerprint density at radius 1 is 1.17 bits per heavy atom. The molecule has 30 heavy (non-hydrogen) atoms. The molecule has 0 bridgehead atoms. The van der Waals surface area contributed by atoms with Gasteiger partial charge in [0.15, 0.2) is 5.65 Å². The summed E-state index contributed by atoms with van der Waals surface area (Å²) >= 11 is 8.40. The fourth-order valence-corrected chi connectivity index (χ4v) is 3.98. The second-order valence-corrected chi connectivity index (χ2v) is 8.99. The summed E-state index contributed by atoms with van der Waals surface area (Å²) < 4.78 is 43.8. The number of hydrogen-bond donors (Lipinski definition) is 1. The fraction of sp³-hybridized carbons (Fsp3) is 0.0526. The Labute approximate surface area is 184 Å². The molecule has 0 aliphatic rings. The van der Waals surface area contributed by atoms with Crippen LogP contribution >= 0.6 is 27.8 Å². The van der Waals surface area contributed by atoms with Crippen LogP contribution in [0.1, 0.15) is 5.56 Å². The summed E-state index contributed by atoms with van der Waals surface area (Å²) in [7, 11) is -3.97. The van der Waals surface area contributed by atoms with E-state index in [0.29, 0.717) is 33.7 Å². The van der Waals surface area contributed by atoms with Crippen molar-refractivity contribution in [1.29, 1.82) is 0 Å². The third kappa shape index (κ3) is 4.04. The highest BCUT2D eigenvalue weighted by molar-refractivity contribution is 9.10. The number of anilines is 1. The predicted molar refractivity (Wildman–Crippen MR) is 114 cm³/mol. The molecule has 0 saturated carbocycles. The molecule has 0 aliphatic heterocycles. The van der Waals surface area contributed by atoms with E-state index in [2.05, 4.69) is 35.1 Å². The minimum Gasteiger partial charge on any atom is -0.366 e. The minimum atomic E-state index is -3.97. The summed E-state index contributed by atoms with van der Waals surface area (Å²) in [6.07, 6.45) is 1.60. The first kappa shape index (κ1) is 20.7. The van der Waals surface area contributed by atoms with E-state index >= 15 is 0 Å². The van der Waals surface area contributed by atoms with E-state index in [4.69, 9.17) is 11.9 Å². The maximum Gasteiger partial charge on any atom is 0.312 e. The second-order valence-electron chi connectivity index (χ2n) is 6.25. The quantitative estimate of drug-likeness (QED) is 0.401. The SMILES string of the molecule is O=S(=O)(OCl)c1ccc(CNc2cc(-c3ccccc3F)nc3c(Br)cnn23)cc1. The van der Waals surface area contributed by atoms with Gasteiger partial charge in [-0.05, 0) is 45.8 Å². The highest BCUT2D eigenvalue weighted by atomic mass is 79.9. The molecular formula is C19H13BrClFN4O3S. The van der Waals surface area contributed by atoms with Gasteiger partial charge < -0.3 is 5.32 Å². The minimum absolute atomic E-state index is 0.0506. The van der Waals surface area contributed by atoms with Crippen LogP contribution in [-0.4, -0.2) is 23.0 Å². The maximum absolute atomic E-state index is 14.3. The zero-order valence-corrected chi connectivity index (χ0v) is 18.2. The summed E-state index contributed by atoms with van der Waals surface area (Å²) in [5, 5.41) is 7.52. The first-order chi connectivity index (χ1) is 14.4. The van der Waals surface area contributed by atoms with Crippen molar-refractivity contribution in [2.24, 2.45) is 0 Å². The fourth-order valence-electron chi connectivity index (χ4n) is 2.87. The lowest BCUT2D eigenvalue weighted by Gasteiger charge is -2.12. The topological polar surface area (TPSA) is 85.6 Å². The summed E-state index contributed by atoms with van der Waals surface area (Å²) in [4.78, 5) is 4.46. The van der Waals surface area contributed by atoms with Gasteiger partial charge >= 0.3 is 10.1 Å². The zero-order chi connectivity index (χ0) is 21.3. The van der Waals surface area contributed by atoms with Crippen molar-refractivity contribution in [2.75, 3.05) is 5.32 Å². The standard InChI is InChI=1S/C19H13BrClFN4O3S/c20-15-11-24-26-18(9-17(25-19(15)26)14-3-1-2-4-16(14)22)23-10-12-5-7-13(8-6-12)30(27,28)29-21/h1-9,11,23H,10H2. The molecule has 0 spiro atoms. The van der Waals surface area contributed by atoms with Crippen LogP contribution in [0, 0.1) is 5.82 Å². The molecule has 0 saturated heterocycles. The monoisotopic (exact) mass is 510 g/mol. The number of fused-ring (bicyclic) bond motifs is 1. The van der Waals surface area contributed by atoms with E-state index in [0.717, 1.165) is 5.56 Å². The van der Waals surface area contributed by atoms with Gasteiger partial charge in [-0.3, -0.25) is 0 Å². The Morgan fingerprint density at radius 3 is 2.60 bits per heavy atom. The number of halogens is 3. The van der Waals surface area contributed by atoms with Crippen molar-refractivity contribution in [3.63, 3.8) is 0 Å². The first-order valence-corrected chi connectivity index (χ1v) is 11.1. The molecule has 2 aromatic carbocycles. The molecule has 7 nitrogen and oxygen atoms in total. The zero-order valence-electron chi connectivity index (χ0n) is 15.1. The van der Waals surface area contributed by atoms with E-state index in [9.17, 15) is 12.8 Å². The van der Waals surface area contributed by atoms with Crippen molar-refractivity contribution in [3.8, 4) is 11.3 Å². The molecule has 11 heteroatoms. The lowest BCUT2D eigenvalue weighted by molar-refractivity contribution is 0.509. The van der Waals surface area contributed by atoms with Gasteiger partial charge in [0, 0.05) is 18.2 Å². The van der Waals surface area contributed by atoms with Gasteiger partial charge in [-0.25, -0.2) is 9.37 Å². The van der Waals surface area contributed by atoms with Crippen LogP contribution in [0.2, 0.25) is 0 Å². The van der Waals surface area contributed by atoms with E-state index in [-0.39, 0.29) is 10.7 Å². The van der Waals surface area contributed by atoms with Crippen molar-refractivity contribution in [2.45, 2.75) is 11.4 Å². The number of nitrogens with one attached hydrogen (secondary N) is 1.